The number of aryl methyl sites for hydroxylation is 1. The van der Waals surface area contributed by atoms with Crippen LogP contribution in [0.1, 0.15) is 18.1 Å². The molecule has 0 radical (unpaired) electrons. The van der Waals surface area contributed by atoms with Crippen LogP contribution < -0.4 is 4.90 Å². The third-order valence-corrected chi connectivity index (χ3v) is 5.26. The van der Waals surface area contributed by atoms with Crippen LogP contribution >= 0.6 is 0 Å². The van der Waals surface area contributed by atoms with Crippen LogP contribution in [0.3, 0.4) is 0 Å². The second-order valence-corrected chi connectivity index (χ2v) is 6.90. The van der Waals surface area contributed by atoms with Crippen LogP contribution in [-0.2, 0) is 0 Å². The maximum absolute atomic E-state index is 2.37. The average Bonchev–Trinajstić information content (AvgIpc) is 2.98. The van der Waals surface area contributed by atoms with Crippen LogP contribution in [0.5, 0.6) is 0 Å². The van der Waals surface area contributed by atoms with E-state index in [1.807, 2.05) is 0 Å². The molecular formula is C24H24N2. The summed E-state index contributed by atoms with van der Waals surface area (Å²) >= 11 is 0. The second kappa shape index (κ2) is 6.72. The summed E-state index contributed by atoms with van der Waals surface area (Å²) in [6.45, 7) is 4.44. The highest BCUT2D eigenvalue weighted by Gasteiger charge is 2.28. The van der Waals surface area contributed by atoms with Crippen LogP contribution in [-0.4, -0.2) is 18.1 Å². The highest BCUT2D eigenvalue weighted by atomic mass is 15.4. The van der Waals surface area contributed by atoms with Gasteiger partial charge in [0.1, 0.15) is 6.17 Å². The maximum atomic E-state index is 2.37. The minimum absolute atomic E-state index is 0.284. The molecule has 0 saturated heterocycles. The topological polar surface area (TPSA) is 6.48 Å². The van der Waals surface area contributed by atoms with Crippen molar-refractivity contribution in [3.8, 4) is 11.1 Å². The van der Waals surface area contributed by atoms with Crippen molar-refractivity contribution in [2.75, 3.05) is 11.9 Å². The SMILES string of the molecule is Cc1cc(-c2ccccc2)ccc1N1C=C(c2ccccc2)N(C)[C@@H]1C. The predicted molar refractivity (Wildman–Crippen MR) is 111 cm³/mol. The molecule has 0 unspecified atom stereocenters. The first-order valence-electron chi connectivity index (χ1n) is 9.09. The van der Waals surface area contributed by atoms with E-state index in [1.165, 1.54) is 33.6 Å². The molecule has 0 amide bonds. The molecule has 4 rings (SSSR count). The van der Waals surface area contributed by atoms with Crippen LogP contribution in [0.4, 0.5) is 5.69 Å². The standard InChI is InChI=1S/C24H24N2/c1-18-16-22(20-10-6-4-7-11-20)14-15-23(18)26-17-24(25(3)19(26)2)21-12-8-5-9-13-21/h4-17,19H,1-3H3/t19-/m0/s1. The van der Waals surface area contributed by atoms with E-state index in [-0.39, 0.29) is 6.17 Å². The van der Waals surface area contributed by atoms with E-state index in [4.69, 9.17) is 0 Å². The molecule has 130 valence electrons. The minimum Gasteiger partial charge on any atom is -0.353 e. The molecule has 0 N–H and O–H groups in total. The first-order chi connectivity index (χ1) is 12.6. The van der Waals surface area contributed by atoms with E-state index in [9.17, 15) is 0 Å². The molecule has 2 heteroatoms. The summed E-state index contributed by atoms with van der Waals surface area (Å²) in [6, 6.07) is 27.9. The summed E-state index contributed by atoms with van der Waals surface area (Å²) in [4.78, 5) is 4.70. The smallest absolute Gasteiger partial charge is 0.103 e. The Kier molecular flexibility index (Phi) is 4.26. The van der Waals surface area contributed by atoms with Gasteiger partial charge in [-0.15, -0.1) is 0 Å². The summed E-state index contributed by atoms with van der Waals surface area (Å²) in [6.07, 6.45) is 2.55. The van der Waals surface area contributed by atoms with Crippen molar-refractivity contribution >= 4 is 11.4 Å². The van der Waals surface area contributed by atoms with Gasteiger partial charge in [-0.1, -0.05) is 66.7 Å². The summed E-state index contributed by atoms with van der Waals surface area (Å²) in [5.41, 5.74) is 7.58. The average molecular weight is 340 g/mol. The molecule has 0 aromatic heterocycles. The van der Waals surface area contributed by atoms with Crippen molar-refractivity contribution in [1.29, 1.82) is 0 Å². The highest BCUT2D eigenvalue weighted by molar-refractivity contribution is 5.75. The predicted octanol–water partition coefficient (Wildman–Crippen LogP) is 5.76. The fraction of sp³-hybridized carbons (Fsp3) is 0.167. The summed E-state index contributed by atoms with van der Waals surface area (Å²) in [5.74, 6) is 0. The number of hydrogen-bond donors (Lipinski definition) is 0. The lowest BCUT2D eigenvalue weighted by atomic mass is 10.0. The van der Waals surface area contributed by atoms with E-state index in [0.29, 0.717) is 0 Å². The lowest BCUT2D eigenvalue weighted by molar-refractivity contribution is 0.399. The van der Waals surface area contributed by atoms with Crippen molar-refractivity contribution in [3.63, 3.8) is 0 Å². The van der Waals surface area contributed by atoms with Gasteiger partial charge in [-0.25, -0.2) is 0 Å². The molecule has 2 nitrogen and oxygen atoms in total. The first-order valence-corrected chi connectivity index (χ1v) is 9.09. The Balaban J connectivity index is 1.70. The molecule has 0 spiro atoms. The zero-order valence-electron chi connectivity index (χ0n) is 15.6. The van der Waals surface area contributed by atoms with E-state index in [0.717, 1.165) is 0 Å². The molecule has 1 aliphatic rings. The van der Waals surface area contributed by atoms with Gasteiger partial charge in [-0.3, -0.25) is 0 Å². The molecule has 0 aliphatic carbocycles. The molecule has 0 fully saturated rings. The Labute approximate surface area is 156 Å². The Morgan fingerprint density at radius 3 is 1.96 bits per heavy atom. The number of rotatable bonds is 3. The highest BCUT2D eigenvalue weighted by Crippen LogP contribution is 2.35. The number of anilines is 1. The zero-order chi connectivity index (χ0) is 18.1. The Morgan fingerprint density at radius 2 is 1.35 bits per heavy atom. The van der Waals surface area contributed by atoms with Gasteiger partial charge in [0.25, 0.3) is 0 Å². The van der Waals surface area contributed by atoms with E-state index >= 15 is 0 Å². The molecule has 0 saturated carbocycles. The number of hydrogen-bond acceptors (Lipinski definition) is 2. The normalized spacial score (nSPS) is 16.7. The lowest BCUT2D eigenvalue weighted by Gasteiger charge is -2.29. The van der Waals surface area contributed by atoms with Crippen molar-refractivity contribution in [1.82, 2.24) is 4.90 Å². The van der Waals surface area contributed by atoms with Crippen molar-refractivity contribution in [3.05, 3.63) is 96.2 Å². The molecule has 3 aromatic carbocycles. The second-order valence-electron chi connectivity index (χ2n) is 6.90. The van der Waals surface area contributed by atoms with Crippen LogP contribution in [0.25, 0.3) is 16.8 Å². The number of nitrogens with zero attached hydrogens (tertiary/aromatic N) is 2. The van der Waals surface area contributed by atoms with Crippen molar-refractivity contribution in [2.45, 2.75) is 20.0 Å². The van der Waals surface area contributed by atoms with Gasteiger partial charge in [-0.2, -0.15) is 0 Å². The van der Waals surface area contributed by atoms with Crippen molar-refractivity contribution < 1.29 is 0 Å². The Hall–Kier alpha value is -3.00. The van der Waals surface area contributed by atoms with E-state index in [1.54, 1.807) is 0 Å². The molecule has 0 bridgehead atoms. The van der Waals surface area contributed by atoms with E-state index < -0.39 is 0 Å². The summed E-state index contributed by atoms with van der Waals surface area (Å²) in [7, 11) is 2.16. The van der Waals surface area contributed by atoms with Gasteiger partial charge in [0.2, 0.25) is 0 Å². The van der Waals surface area contributed by atoms with Gasteiger partial charge < -0.3 is 9.80 Å². The first kappa shape index (κ1) is 16.5. The minimum atomic E-state index is 0.284. The van der Waals surface area contributed by atoms with Gasteiger partial charge in [0.15, 0.2) is 0 Å². The Morgan fingerprint density at radius 1 is 0.731 bits per heavy atom. The molecule has 26 heavy (non-hydrogen) atoms. The van der Waals surface area contributed by atoms with Crippen molar-refractivity contribution in [2.24, 2.45) is 0 Å². The monoisotopic (exact) mass is 340 g/mol. The third-order valence-electron chi connectivity index (χ3n) is 5.26. The molecule has 3 aromatic rings. The van der Waals surface area contributed by atoms with Crippen LogP contribution in [0.2, 0.25) is 0 Å². The summed E-state index contributed by atoms with van der Waals surface area (Å²) < 4.78 is 0. The maximum Gasteiger partial charge on any atom is 0.103 e. The fourth-order valence-corrected chi connectivity index (χ4v) is 3.63. The molecule has 1 aliphatic heterocycles. The largest absolute Gasteiger partial charge is 0.353 e. The fourth-order valence-electron chi connectivity index (χ4n) is 3.63. The quantitative estimate of drug-likeness (QED) is 0.598. The third kappa shape index (κ3) is 2.88. The summed E-state index contributed by atoms with van der Waals surface area (Å²) in [5, 5.41) is 0. The van der Waals surface area contributed by atoms with Gasteiger partial charge in [-0.05, 0) is 48.2 Å². The van der Waals surface area contributed by atoms with E-state index in [2.05, 4.69) is 116 Å². The molecular weight excluding hydrogens is 316 g/mol. The van der Waals surface area contributed by atoms with Crippen LogP contribution in [0, 0.1) is 6.92 Å². The molecule has 1 heterocycles. The van der Waals surface area contributed by atoms with Gasteiger partial charge in [0.05, 0.1) is 5.70 Å². The Bertz CT molecular complexity index is 929. The van der Waals surface area contributed by atoms with Gasteiger partial charge >= 0.3 is 0 Å². The van der Waals surface area contributed by atoms with Gasteiger partial charge in [0, 0.05) is 18.9 Å². The molecule has 1 atom stereocenters. The lowest BCUT2D eigenvalue weighted by Crippen LogP contribution is -2.34. The van der Waals surface area contributed by atoms with Crippen LogP contribution in [0.15, 0.2) is 85.1 Å². The zero-order valence-corrected chi connectivity index (χ0v) is 15.6. The number of benzene rings is 3.